The van der Waals surface area contributed by atoms with Crippen molar-refractivity contribution in [3.63, 3.8) is 0 Å². The van der Waals surface area contributed by atoms with Gasteiger partial charge in [0.2, 0.25) is 10.0 Å². The lowest BCUT2D eigenvalue weighted by Crippen LogP contribution is -2.33. The Balaban J connectivity index is 1.88. The van der Waals surface area contributed by atoms with Crippen molar-refractivity contribution >= 4 is 10.0 Å². The van der Waals surface area contributed by atoms with Gasteiger partial charge in [0.15, 0.2) is 0 Å². The Morgan fingerprint density at radius 1 is 1.20 bits per heavy atom. The van der Waals surface area contributed by atoms with Crippen LogP contribution in [0.3, 0.4) is 0 Å². The molecule has 1 saturated carbocycles. The summed E-state index contributed by atoms with van der Waals surface area (Å²) in [4.78, 5) is 0. The quantitative estimate of drug-likeness (QED) is 0.683. The Hall–Kier alpha value is -1.11. The average Bonchev–Trinajstić information content (AvgIpc) is 3.11. The van der Waals surface area contributed by atoms with Crippen molar-refractivity contribution < 1.29 is 17.9 Å². The van der Waals surface area contributed by atoms with Crippen LogP contribution in [0.15, 0.2) is 24.3 Å². The van der Waals surface area contributed by atoms with Gasteiger partial charge in [0.25, 0.3) is 0 Å². The summed E-state index contributed by atoms with van der Waals surface area (Å²) in [6, 6.07) is 7.29. The summed E-state index contributed by atoms with van der Waals surface area (Å²) >= 11 is 0. The van der Waals surface area contributed by atoms with Crippen molar-refractivity contribution in [2.75, 3.05) is 19.5 Å². The summed E-state index contributed by atoms with van der Waals surface area (Å²) in [5.41, 5.74) is 0.946. The number of nitrogens with one attached hydrogen (secondary N) is 1. The van der Waals surface area contributed by atoms with Crippen LogP contribution >= 0.6 is 0 Å². The van der Waals surface area contributed by atoms with E-state index in [2.05, 4.69) is 4.72 Å². The fourth-order valence-electron chi connectivity index (χ4n) is 3.27. The van der Waals surface area contributed by atoms with E-state index < -0.39 is 10.0 Å². The lowest BCUT2D eigenvalue weighted by Gasteiger charge is -2.20. The molecule has 0 aliphatic heterocycles. The van der Waals surface area contributed by atoms with E-state index in [4.69, 9.17) is 9.47 Å². The molecule has 5 nitrogen and oxygen atoms in total. The van der Waals surface area contributed by atoms with Gasteiger partial charge >= 0.3 is 0 Å². The number of rotatable bonds is 10. The fourth-order valence-corrected chi connectivity index (χ4v) is 4.94. The second-order valence-electron chi connectivity index (χ2n) is 6.98. The molecule has 0 aromatic heterocycles. The molecule has 0 spiro atoms. The number of ether oxygens (including phenoxy) is 2. The number of sulfonamides is 1. The van der Waals surface area contributed by atoms with Gasteiger partial charge in [-0.25, -0.2) is 13.1 Å². The Kier molecular flexibility index (Phi) is 7.72. The number of hydrogen-bond acceptors (Lipinski definition) is 4. The first-order chi connectivity index (χ1) is 11.9. The van der Waals surface area contributed by atoms with Crippen LogP contribution in [0, 0.1) is 5.92 Å². The molecular formula is C19H31NO4S. The molecule has 0 radical (unpaired) electrons. The van der Waals surface area contributed by atoms with Crippen LogP contribution in [-0.4, -0.2) is 34.0 Å². The molecule has 142 valence electrons. The maximum atomic E-state index is 12.5. The highest BCUT2D eigenvalue weighted by Crippen LogP contribution is 2.23. The van der Waals surface area contributed by atoms with Crippen molar-refractivity contribution in [1.29, 1.82) is 0 Å². The Morgan fingerprint density at radius 2 is 1.84 bits per heavy atom. The SMILES string of the molecule is CC[C@H](NS(=O)(=O)C[C@H](C)COC1CCCC1)c1ccc(OC)cc1. The molecule has 0 unspecified atom stereocenters. The third-order valence-electron chi connectivity index (χ3n) is 4.67. The Morgan fingerprint density at radius 3 is 2.40 bits per heavy atom. The predicted octanol–water partition coefficient (Wildman–Crippen LogP) is 3.66. The normalized spacial score (nSPS) is 18.2. The van der Waals surface area contributed by atoms with Crippen LogP contribution < -0.4 is 9.46 Å². The van der Waals surface area contributed by atoms with Crippen LogP contribution in [0.1, 0.15) is 57.6 Å². The van der Waals surface area contributed by atoms with Gasteiger partial charge in [0.1, 0.15) is 5.75 Å². The molecule has 1 fully saturated rings. The van der Waals surface area contributed by atoms with Crippen LogP contribution in [0.25, 0.3) is 0 Å². The van der Waals surface area contributed by atoms with Crippen molar-refractivity contribution in [2.45, 2.75) is 58.1 Å². The highest BCUT2D eigenvalue weighted by molar-refractivity contribution is 7.89. The lowest BCUT2D eigenvalue weighted by molar-refractivity contribution is 0.0412. The minimum atomic E-state index is -3.36. The molecule has 2 atom stereocenters. The molecule has 1 N–H and O–H groups in total. The Labute approximate surface area is 152 Å². The highest BCUT2D eigenvalue weighted by atomic mass is 32.2. The lowest BCUT2D eigenvalue weighted by atomic mass is 10.1. The molecule has 1 aliphatic rings. The Bertz CT molecular complexity index is 609. The van der Waals surface area contributed by atoms with E-state index in [-0.39, 0.29) is 17.7 Å². The summed E-state index contributed by atoms with van der Waals surface area (Å²) in [7, 11) is -1.75. The maximum absolute atomic E-state index is 12.5. The van der Waals surface area contributed by atoms with E-state index in [0.717, 1.165) is 24.2 Å². The molecule has 1 aliphatic carbocycles. The molecule has 6 heteroatoms. The van der Waals surface area contributed by atoms with Crippen LogP contribution in [0.4, 0.5) is 0 Å². The number of benzene rings is 1. The molecular weight excluding hydrogens is 338 g/mol. The van der Waals surface area contributed by atoms with Crippen LogP contribution in [0.2, 0.25) is 0 Å². The van der Waals surface area contributed by atoms with Crippen molar-refractivity contribution in [1.82, 2.24) is 4.72 Å². The summed E-state index contributed by atoms with van der Waals surface area (Å²) in [5.74, 6) is 0.831. The van der Waals surface area contributed by atoms with Crippen molar-refractivity contribution in [2.24, 2.45) is 5.92 Å². The molecule has 2 rings (SSSR count). The molecule has 25 heavy (non-hydrogen) atoms. The van der Waals surface area contributed by atoms with E-state index in [0.29, 0.717) is 19.1 Å². The number of methoxy groups -OCH3 is 1. The fraction of sp³-hybridized carbons (Fsp3) is 0.684. The monoisotopic (exact) mass is 369 g/mol. The third kappa shape index (κ3) is 6.60. The smallest absolute Gasteiger partial charge is 0.212 e. The molecule has 0 heterocycles. The second-order valence-corrected chi connectivity index (χ2v) is 8.78. The summed E-state index contributed by atoms with van der Waals surface area (Å²) in [6.45, 7) is 4.41. The largest absolute Gasteiger partial charge is 0.497 e. The van der Waals surface area contributed by atoms with E-state index in [1.54, 1.807) is 7.11 Å². The van der Waals surface area contributed by atoms with E-state index >= 15 is 0 Å². The van der Waals surface area contributed by atoms with Gasteiger partial charge < -0.3 is 9.47 Å². The van der Waals surface area contributed by atoms with Gasteiger partial charge in [0, 0.05) is 6.04 Å². The topological polar surface area (TPSA) is 64.6 Å². The van der Waals surface area contributed by atoms with E-state index in [1.165, 1.54) is 12.8 Å². The zero-order chi connectivity index (χ0) is 18.3. The first-order valence-electron chi connectivity index (χ1n) is 9.19. The van der Waals surface area contributed by atoms with E-state index in [1.807, 2.05) is 38.1 Å². The van der Waals surface area contributed by atoms with E-state index in [9.17, 15) is 8.42 Å². The zero-order valence-corrected chi connectivity index (χ0v) is 16.3. The average molecular weight is 370 g/mol. The first kappa shape index (κ1) is 20.2. The van der Waals surface area contributed by atoms with Crippen molar-refractivity contribution in [3.8, 4) is 5.75 Å². The minimum Gasteiger partial charge on any atom is -0.497 e. The van der Waals surface area contributed by atoms with Gasteiger partial charge in [0.05, 0.1) is 25.6 Å². The van der Waals surface area contributed by atoms with Gasteiger partial charge in [-0.3, -0.25) is 0 Å². The van der Waals surface area contributed by atoms with Gasteiger partial charge in [-0.1, -0.05) is 38.8 Å². The molecule has 0 saturated heterocycles. The standard InChI is InChI=1S/C19H31NO4S/c1-4-19(16-9-11-17(23-3)12-10-16)20-25(21,22)14-15(2)13-24-18-7-5-6-8-18/h9-12,15,18-20H,4-8,13-14H2,1-3H3/t15-,19+/m1/s1. The van der Waals surface area contributed by atoms with Gasteiger partial charge in [-0.05, 0) is 42.9 Å². The molecule has 1 aromatic rings. The molecule has 0 bridgehead atoms. The summed E-state index contributed by atoms with van der Waals surface area (Å²) in [5, 5.41) is 0. The second kappa shape index (κ2) is 9.55. The first-order valence-corrected chi connectivity index (χ1v) is 10.8. The molecule has 0 amide bonds. The zero-order valence-electron chi connectivity index (χ0n) is 15.5. The van der Waals surface area contributed by atoms with Crippen LogP contribution in [0.5, 0.6) is 5.75 Å². The summed E-state index contributed by atoms with van der Waals surface area (Å²) in [6.07, 6.45) is 5.66. The van der Waals surface area contributed by atoms with Crippen LogP contribution in [-0.2, 0) is 14.8 Å². The number of hydrogen-bond donors (Lipinski definition) is 1. The third-order valence-corrected chi connectivity index (χ3v) is 6.32. The summed E-state index contributed by atoms with van der Waals surface area (Å²) < 4.78 is 38.9. The molecule has 1 aromatic carbocycles. The maximum Gasteiger partial charge on any atom is 0.212 e. The van der Waals surface area contributed by atoms with Gasteiger partial charge in [-0.15, -0.1) is 0 Å². The van der Waals surface area contributed by atoms with Gasteiger partial charge in [-0.2, -0.15) is 0 Å². The highest BCUT2D eigenvalue weighted by Gasteiger charge is 2.22. The predicted molar refractivity (Wildman–Crippen MR) is 100 cm³/mol. The minimum absolute atomic E-state index is 0.0218. The van der Waals surface area contributed by atoms with Crippen molar-refractivity contribution in [3.05, 3.63) is 29.8 Å².